The molecule has 0 aliphatic carbocycles. The minimum absolute atomic E-state index is 0.0463. The molecule has 14 heteroatoms. The fourth-order valence-electron chi connectivity index (χ4n) is 7.64. The van der Waals surface area contributed by atoms with Crippen molar-refractivity contribution in [2.24, 2.45) is 17.8 Å². The molecule has 2 rings (SSSR count). The molecule has 0 saturated carbocycles. The number of carbonyl (C=O) groups is 5. The van der Waals surface area contributed by atoms with Gasteiger partial charge in [0, 0.05) is 34.2 Å². The van der Waals surface area contributed by atoms with E-state index in [0.29, 0.717) is 25.8 Å². The van der Waals surface area contributed by atoms with E-state index < -0.39 is 72.2 Å². The van der Waals surface area contributed by atoms with Crippen molar-refractivity contribution in [2.45, 2.75) is 122 Å². The first-order chi connectivity index (χ1) is 24.9. The van der Waals surface area contributed by atoms with Crippen LogP contribution in [-0.4, -0.2) is 145 Å². The molecule has 0 spiro atoms. The highest BCUT2D eigenvalue weighted by atomic mass is 16.5. The van der Waals surface area contributed by atoms with Crippen LogP contribution in [0.2, 0.25) is 0 Å². The molecular weight excluding hydrogens is 682 g/mol. The summed E-state index contributed by atoms with van der Waals surface area (Å²) in [6, 6.07) is 5.13. The van der Waals surface area contributed by atoms with Gasteiger partial charge in [-0.1, -0.05) is 71.4 Å². The molecule has 300 valence electrons. The van der Waals surface area contributed by atoms with E-state index >= 15 is 0 Å². The molecule has 1 aliphatic heterocycles. The molecule has 1 saturated heterocycles. The Morgan fingerprint density at radius 1 is 0.943 bits per heavy atom. The van der Waals surface area contributed by atoms with E-state index in [-0.39, 0.29) is 36.5 Å². The zero-order valence-electron chi connectivity index (χ0n) is 33.6. The SMILES string of the molecule is CCC(C)C(C(CC(=O)N1CCC[C@H]1C(OC)C(C)C(=O)NC(Cc1ccccc1)C(=O)O)OC)N(C)C(=O)C(NC(=O)C(C(C)C)N(C)C)C(C)O. The predicted octanol–water partition coefficient (Wildman–Crippen LogP) is 2.17. The Kier molecular flexibility index (Phi) is 18.3. The Bertz CT molecular complexity index is 1340. The number of benzene rings is 1. The van der Waals surface area contributed by atoms with Gasteiger partial charge in [0.2, 0.25) is 23.6 Å². The molecule has 0 radical (unpaired) electrons. The lowest BCUT2D eigenvalue weighted by Gasteiger charge is -2.41. The molecule has 0 bridgehead atoms. The van der Waals surface area contributed by atoms with E-state index in [0.717, 1.165) is 5.56 Å². The number of aliphatic hydroxyl groups excluding tert-OH is 1. The smallest absolute Gasteiger partial charge is 0.326 e. The van der Waals surface area contributed by atoms with Crippen molar-refractivity contribution in [1.82, 2.24) is 25.3 Å². The Hall–Kier alpha value is -3.59. The lowest BCUT2D eigenvalue weighted by atomic mass is 9.89. The van der Waals surface area contributed by atoms with Crippen molar-refractivity contribution in [2.75, 3.05) is 41.9 Å². The molecule has 1 fully saturated rings. The molecule has 4 amide bonds. The van der Waals surface area contributed by atoms with Crippen molar-refractivity contribution in [3.8, 4) is 0 Å². The molecule has 53 heavy (non-hydrogen) atoms. The number of carboxylic acids is 1. The molecule has 1 heterocycles. The number of amides is 4. The Balaban J connectivity index is 2.27. The van der Waals surface area contributed by atoms with E-state index in [2.05, 4.69) is 10.6 Å². The number of nitrogens with one attached hydrogen (secondary N) is 2. The average Bonchev–Trinajstić information content (AvgIpc) is 3.59. The van der Waals surface area contributed by atoms with Crippen LogP contribution in [0.5, 0.6) is 0 Å². The second-order valence-corrected chi connectivity index (χ2v) is 15.1. The first kappa shape index (κ1) is 45.6. The van der Waals surface area contributed by atoms with Gasteiger partial charge in [0.25, 0.3) is 0 Å². The van der Waals surface area contributed by atoms with E-state index in [1.54, 1.807) is 50.0 Å². The summed E-state index contributed by atoms with van der Waals surface area (Å²) in [4.78, 5) is 71.9. The molecular formula is C39H65N5O9. The maximum Gasteiger partial charge on any atom is 0.326 e. The summed E-state index contributed by atoms with van der Waals surface area (Å²) >= 11 is 0. The number of aliphatic hydroxyl groups is 1. The lowest BCUT2D eigenvalue weighted by Crippen LogP contribution is -2.61. The highest BCUT2D eigenvalue weighted by Gasteiger charge is 2.43. The molecule has 9 unspecified atom stereocenters. The van der Waals surface area contributed by atoms with E-state index in [1.165, 1.54) is 26.0 Å². The fourth-order valence-corrected chi connectivity index (χ4v) is 7.64. The number of hydrogen-bond donors (Lipinski definition) is 4. The fraction of sp³-hybridized carbons (Fsp3) is 0.718. The van der Waals surface area contributed by atoms with Gasteiger partial charge in [-0.25, -0.2) is 4.79 Å². The number of carbonyl (C=O) groups excluding carboxylic acids is 4. The van der Waals surface area contributed by atoms with Gasteiger partial charge in [-0.15, -0.1) is 0 Å². The van der Waals surface area contributed by atoms with Crippen molar-refractivity contribution in [3.63, 3.8) is 0 Å². The first-order valence-corrected chi connectivity index (χ1v) is 18.7. The average molecular weight is 748 g/mol. The maximum atomic E-state index is 14.1. The zero-order valence-corrected chi connectivity index (χ0v) is 33.6. The summed E-state index contributed by atoms with van der Waals surface area (Å²) in [5.41, 5.74) is 0.773. The molecule has 1 aliphatic rings. The number of likely N-dealkylation sites (N-methyl/N-ethyl adjacent to an activating group) is 2. The molecule has 10 atom stereocenters. The number of methoxy groups -OCH3 is 2. The van der Waals surface area contributed by atoms with Crippen molar-refractivity contribution >= 4 is 29.6 Å². The zero-order chi connectivity index (χ0) is 40.2. The van der Waals surface area contributed by atoms with Gasteiger partial charge in [0.15, 0.2) is 0 Å². The van der Waals surface area contributed by atoms with Crippen LogP contribution in [0.4, 0.5) is 0 Å². The van der Waals surface area contributed by atoms with Gasteiger partial charge in [-0.3, -0.25) is 24.1 Å². The number of nitrogens with zero attached hydrogens (tertiary/aromatic N) is 3. The van der Waals surface area contributed by atoms with Crippen LogP contribution >= 0.6 is 0 Å². The normalized spacial score (nSPS) is 19.7. The van der Waals surface area contributed by atoms with Crippen LogP contribution in [0.15, 0.2) is 30.3 Å². The van der Waals surface area contributed by atoms with E-state index in [1.807, 2.05) is 45.9 Å². The summed E-state index contributed by atoms with van der Waals surface area (Å²) < 4.78 is 11.8. The summed E-state index contributed by atoms with van der Waals surface area (Å²) in [6.45, 7) is 11.3. The summed E-state index contributed by atoms with van der Waals surface area (Å²) in [6.07, 6.45) is -0.675. The minimum atomic E-state index is -1.22. The van der Waals surface area contributed by atoms with Crippen LogP contribution < -0.4 is 10.6 Å². The largest absolute Gasteiger partial charge is 0.480 e. The summed E-state index contributed by atoms with van der Waals surface area (Å²) in [5, 5.41) is 26.0. The van der Waals surface area contributed by atoms with Crippen LogP contribution in [0.25, 0.3) is 0 Å². The summed E-state index contributed by atoms with van der Waals surface area (Å²) in [5.74, 6) is -3.70. The standard InChI is InChI=1S/C39H65N5O9/c1-12-24(4)34(43(9)38(49)32(26(6)45)41-37(48)33(23(2)3)42(7)8)30(52-10)22-31(46)44-20-16-19-29(44)35(53-11)25(5)36(47)40-28(39(50)51)21-27-17-14-13-15-18-27/h13-15,17-18,23-26,28-30,32-35,45H,12,16,19-22H2,1-11H3,(H,40,47)(H,41,48)(H,50,51)/t24?,25?,26?,28?,29-,30?,32?,33?,34?,35?/m0/s1. The molecule has 0 aromatic heterocycles. The van der Waals surface area contributed by atoms with Gasteiger partial charge >= 0.3 is 5.97 Å². The Morgan fingerprint density at radius 2 is 1.57 bits per heavy atom. The van der Waals surface area contributed by atoms with Gasteiger partial charge in [0.05, 0.1) is 48.8 Å². The third-order valence-corrected chi connectivity index (χ3v) is 10.7. The Morgan fingerprint density at radius 3 is 2.06 bits per heavy atom. The van der Waals surface area contributed by atoms with Crippen LogP contribution in [-0.2, 0) is 39.9 Å². The Labute approximate surface area is 315 Å². The lowest BCUT2D eigenvalue weighted by molar-refractivity contribution is -0.149. The van der Waals surface area contributed by atoms with E-state index in [9.17, 15) is 34.2 Å². The minimum Gasteiger partial charge on any atom is -0.480 e. The quantitative estimate of drug-likeness (QED) is 0.146. The number of rotatable bonds is 21. The van der Waals surface area contributed by atoms with Gasteiger partial charge < -0.3 is 40.1 Å². The van der Waals surface area contributed by atoms with Crippen molar-refractivity contribution in [3.05, 3.63) is 35.9 Å². The highest BCUT2D eigenvalue weighted by molar-refractivity contribution is 5.90. The number of hydrogen-bond acceptors (Lipinski definition) is 9. The molecule has 1 aromatic rings. The molecule has 4 N–H and O–H groups in total. The molecule has 14 nitrogen and oxygen atoms in total. The second-order valence-electron chi connectivity index (χ2n) is 15.1. The topological polar surface area (TPSA) is 178 Å². The summed E-state index contributed by atoms with van der Waals surface area (Å²) in [7, 11) is 8.14. The second kappa shape index (κ2) is 21.3. The van der Waals surface area contributed by atoms with E-state index in [4.69, 9.17) is 9.47 Å². The third-order valence-electron chi connectivity index (χ3n) is 10.7. The van der Waals surface area contributed by atoms with Gasteiger partial charge in [-0.2, -0.15) is 0 Å². The van der Waals surface area contributed by atoms with Gasteiger partial charge in [-0.05, 0) is 51.3 Å². The number of carboxylic acid groups (broad SMARTS) is 1. The first-order valence-electron chi connectivity index (χ1n) is 18.7. The third kappa shape index (κ3) is 12.2. The van der Waals surface area contributed by atoms with Crippen molar-refractivity contribution in [1.29, 1.82) is 0 Å². The maximum absolute atomic E-state index is 14.1. The number of ether oxygens (including phenoxy) is 2. The van der Waals surface area contributed by atoms with Crippen LogP contribution in [0, 0.1) is 17.8 Å². The predicted molar refractivity (Wildman–Crippen MR) is 202 cm³/mol. The highest BCUT2D eigenvalue weighted by Crippen LogP contribution is 2.29. The van der Waals surface area contributed by atoms with Gasteiger partial charge in [0.1, 0.15) is 12.1 Å². The number of aliphatic carboxylic acids is 1. The van der Waals surface area contributed by atoms with Crippen LogP contribution in [0.1, 0.15) is 72.8 Å². The monoisotopic (exact) mass is 747 g/mol. The van der Waals surface area contributed by atoms with Crippen LogP contribution in [0.3, 0.4) is 0 Å². The van der Waals surface area contributed by atoms with Crippen molar-refractivity contribution < 1.29 is 43.7 Å². The number of likely N-dealkylation sites (tertiary alicyclic amines) is 1. The molecule has 1 aromatic carbocycles.